The third-order valence-corrected chi connectivity index (χ3v) is 4.95. The van der Waals surface area contributed by atoms with Gasteiger partial charge < -0.3 is 14.6 Å². The molecule has 0 unspecified atom stereocenters. The SMILES string of the molecule is C/C=C/Cn1c(C(=O)NCCN2CCOCC2)cc2sccc21. The highest BCUT2D eigenvalue weighted by Crippen LogP contribution is 2.25. The highest BCUT2D eigenvalue weighted by atomic mass is 32.1. The molecule has 1 N–H and O–H groups in total. The largest absolute Gasteiger partial charge is 0.379 e. The number of hydrogen-bond acceptors (Lipinski definition) is 4. The molecule has 3 heterocycles. The summed E-state index contributed by atoms with van der Waals surface area (Å²) in [4.78, 5) is 14.9. The van der Waals surface area contributed by atoms with Gasteiger partial charge in [0.2, 0.25) is 0 Å². The number of thiophene rings is 1. The summed E-state index contributed by atoms with van der Waals surface area (Å²) in [6.07, 6.45) is 4.08. The lowest BCUT2D eigenvalue weighted by Crippen LogP contribution is -2.41. The molecule has 0 spiro atoms. The zero-order valence-electron chi connectivity index (χ0n) is 13.5. The number of ether oxygens (including phenoxy) is 1. The van der Waals surface area contributed by atoms with Gasteiger partial charge in [-0.25, -0.2) is 0 Å². The summed E-state index contributed by atoms with van der Waals surface area (Å²) >= 11 is 1.67. The van der Waals surface area contributed by atoms with Crippen molar-refractivity contribution in [3.8, 4) is 0 Å². The number of aromatic nitrogens is 1. The van der Waals surface area contributed by atoms with Crippen LogP contribution in [0.3, 0.4) is 0 Å². The second kappa shape index (κ2) is 7.77. The van der Waals surface area contributed by atoms with E-state index in [9.17, 15) is 4.79 Å². The Balaban J connectivity index is 1.64. The van der Waals surface area contributed by atoms with Gasteiger partial charge in [0, 0.05) is 32.7 Å². The molecule has 6 heteroatoms. The van der Waals surface area contributed by atoms with Crippen LogP contribution in [0, 0.1) is 0 Å². The van der Waals surface area contributed by atoms with Gasteiger partial charge >= 0.3 is 0 Å². The van der Waals surface area contributed by atoms with Gasteiger partial charge in [-0.3, -0.25) is 9.69 Å². The zero-order valence-corrected chi connectivity index (χ0v) is 14.3. The molecule has 0 radical (unpaired) electrons. The van der Waals surface area contributed by atoms with Crippen molar-refractivity contribution in [2.24, 2.45) is 0 Å². The number of morpholine rings is 1. The van der Waals surface area contributed by atoms with Crippen molar-refractivity contribution in [1.82, 2.24) is 14.8 Å². The van der Waals surface area contributed by atoms with Crippen LogP contribution in [0.4, 0.5) is 0 Å². The van der Waals surface area contributed by atoms with Crippen LogP contribution in [-0.4, -0.2) is 54.8 Å². The monoisotopic (exact) mass is 333 g/mol. The number of allylic oxidation sites excluding steroid dienone is 2. The Bertz CT molecular complexity index is 683. The summed E-state index contributed by atoms with van der Waals surface area (Å²) in [5, 5.41) is 5.12. The van der Waals surface area contributed by atoms with Crippen molar-refractivity contribution < 1.29 is 9.53 Å². The molecule has 0 aliphatic carbocycles. The number of carbonyl (C=O) groups excluding carboxylic acids is 1. The first-order chi connectivity index (χ1) is 11.3. The third kappa shape index (κ3) is 3.83. The van der Waals surface area contributed by atoms with Crippen LogP contribution in [-0.2, 0) is 11.3 Å². The standard InChI is InChI=1S/C17H23N3O2S/c1-2-3-6-20-14-4-12-23-16(14)13-15(20)17(21)18-5-7-19-8-10-22-11-9-19/h2-4,12-13H,5-11H2,1H3,(H,18,21)/b3-2+. The third-order valence-electron chi connectivity index (χ3n) is 4.10. The highest BCUT2D eigenvalue weighted by Gasteiger charge is 2.16. The van der Waals surface area contributed by atoms with Gasteiger partial charge in [0.15, 0.2) is 0 Å². The topological polar surface area (TPSA) is 46.5 Å². The molecule has 0 atom stereocenters. The second-order valence-corrected chi connectivity index (χ2v) is 6.54. The van der Waals surface area contributed by atoms with Crippen molar-refractivity contribution in [3.05, 3.63) is 35.4 Å². The van der Waals surface area contributed by atoms with E-state index in [1.54, 1.807) is 11.3 Å². The van der Waals surface area contributed by atoms with Gasteiger partial charge in [0.25, 0.3) is 5.91 Å². The molecule has 2 aromatic heterocycles. The summed E-state index contributed by atoms with van der Waals surface area (Å²) in [7, 11) is 0. The number of carbonyl (C=O) groups is 1. The van der Waals surface area contributed by atoms with E-state index in [4.69, 9.17) is 4.74 Å². The van der Waals surface area contributed by atoms with E-state index in [1.165, 1.54) is 0 Å². The van der Waals surface area contributed by atoms with E-state index in [-0.39, 0.29) is 5.91 Å². The molecule has 1 saturated heterocycles. The van der Waals surface area contributed by atoms with Gasteiger partial charge in [0.1, 0.15) is 5.69 Å². The quantitative estimate of drug-likeness (QED) is 0.826. The van der Waals surface area contributed by atoms with Gasteiger partial charge in [-0.15, -0.1) is 11.3 Å². The fourth-order valence-electron chi connectivity index (χ4n) is 2.82. The van der Waals surface area contributed by atoms with Crippen LogP contribution in [0.25, 0.3) is 10.2 Å². The Morgan fingerprint density at radius 1 is 1.43 bits per heavy atom. The minimum absolute atomic E-state index is 0.00571. The Morgan fingerprint density at radius 3 is 3.04 bits per heavy atom. The summed E-state index contributed by atoms with van der Waals surface area (Å²) in [5.41, 5.74) is 1.87. The maximum Gasteiger partial charge on any atom is 0.268 e. The fourth-order valence-corrected chi connectivity index (χ4v) is 3.64. The van der Waals surface area contributed by atoms with Crippen molar-refractivity contribution in [2.45, 2.75) is 13.5 Å². The second-order valence-electron chi connectivity index (χ2n) is 5.59. The zero-order chi connectivity index (χ0) is 16.1. The number of nitrogens with zero attached hydrogens (tertiary/aromatic N) is 2. The van der Waals surface area contributed by atoms with Gasteiger partial charge in [-0.1, -0.05) is 12.2 Å². The fraction of sp³-hybridized carbons (Fsp3) is 0.471. The van der Waals surface area contributed by atoms with Crippen LogP contribution < -0.4 is 5.32 Å². The smallest absolute Gasteiger partial charge is 0.268 e. The van der Waals surface area contributed by atoms with Crippen LogP contribution >= 0.6 is 11.3 Å². The molecule has 23 heavy (non-hydrogen) atoms. The lowest BCUT2D eigenvalue weighted by molar-refractivity contribution is 0.0383. The molecule has 124 valence electrons. The maximum atomic E-state index is 12.5. The number of nitrogens with one attached hydrogen (secondary N) is 1. The van der Waals surface area contributed by atoms with E-state index in [0.717, 1.165) is 55.3 Å². The molecule has 0 aromatic carbocycles. The molecular formula is C17H23N3O2S. The van der Waals surface area contributed by atoms with Crippen LogP contribution in [0.15, 0.2) is 29.7 Å². The molecule has 1 fully saturated rings. The number of amides is 1. The summed E-state index contributed by atoms with van der Waals surface area (Å²) in [6, 6.07) is 4.07. The summed E-state index contributed by atoms with van der Waals surface area (Å²) < 4.78 is 8.58. The molecule has 0 bridgehead atoms. The van der Waals surface area contributed by atoms with E-state index < -0.39 is 0 Å². The van der Waals surface area contributed by atoms with Crippen molar-refractivity contribution >= 4 is 27.5 Å². The predicted molar refractivity (Wildman–Crippen MR) is 94.2 cm³/mol. The average Bonchev–Trinajstić information content (AvgIpc) is 3.15. The first-order valence-electron chi connectivity index (χ1n) is 8.06. The molecule has 1 aliphatic heterocycles. The van der Waals surface area contributed by atoms with Crippen LogP contribution in [0.2, 0.25) is 0 Å². The van der Waals surface area contributed by atoms with Crippen molar-refractivity contribution in [1.29, 1.82) is 0 Å². The summed E-state index contributed by atoms with van der Waals surface area (Å²) in [5.74, 6) is 0.00571. The summed E-state index contributed by atoms with van der Waals surface area (Å²) in [6.45, 7) is 7.74. The van der Waals surface area contributed by atoms with E-state index in [1.807, 2.05) is 19.1 Å². The highest BCUT2D eigenvalue weighted by molar-refractivity contribution is 7.17. The Labute approximate surface area is 140 Å². The van der Waals surface area contributed by atoms with Crippen molar-refractivity contribution in [2.75, 3.05) is 39.4 Å². The molecule has 2 aromatic rings. The molecule has 0 saturated carbocycles. The van der Waals surface area contributed by atoms with E-state index >= 15 is 0 Å². The minimum Gasteiger partial charge on any atom is -0.379 e. The lowest BCUT2D eigenvalue weighted by Gasteiger charge is -2.26. The molecule has 1 aliphatic rings. The minimum atomic E-state index is 0.00571. The number of fused-ring (bicyclic) bond motifs is 1. The van der Waals surface area contributed by atoms with Crippen LogP contribution in [0.1, 0.15) is 17.4 Å². The van der Waals surface area contributed by atoms with E-state index in [2.05, 4.69) is 32.3 Å². The normalized spacial score (nSPS) is 16.4. The average molecular weight is 333 g/mol. The first-order valence-corrected chi connectivity index (χ1v) is 8.93. The van der Waals surface area contributed by atoms with Crippen molar-refractivity contribution in [3.63, 3.8) is 0 Å². The Kier molecular flexibility index (Phi) is 5.48. The molecule has 5 nitrogen and oxygen atoms in total. The Morgan fingerprint density at radius 2 is 2.26 bits per heavy atom. The number of hydrogen-bond donors (Lipinski definition) is 1. The van der Waals surface area contributed by atoms with E-state index in [0.29, 0.717) is 6.54 Å². The lowest BCUT2D eigenvalue weighted by atomic mass is 10.3. The van der Waals surface area contributed by atoms with Crippen LogP contribution in [0.5, 0.6) is 0 Å². The molecule has 1 amide bonds. The van der Waals surface area contributed by atoms with Gasteiger partial charge in [-0.2, -0.15) is 0 Å². The Hall–Kier alpha value is -1.63. The molecular weight excluding hydrogens is 310 g/mol. The molecule has 3 rings (SSSR count). The first kappa shape index (κ1) is 16.2. The van der Waals surface area contributed by atoms with Gasteiger partial charge in [-0.05, 0) is 24.4 Å². The maximum absolute atomic E-state index is 12.5. The van der Waals surface area contributed by atoms with Gasteiger partial charge in [0.05, 0.1) is 23.4 Å². The predicted octanol–water partition coefficient (Wildman–Crippen LogP) is 2.34. The number of rotatable bonds is 6.